The Labute approximate surface area is 117 Å². The summed E-state index contributed by atoms with van der Waals surface area (Å²) in [6, 6.07) is 3.65. The average molecular weight is 275 g/mol. The topological polar surface area (TPSA) is 70.3 Å². The highest BCUT2D eigenvalue weighted by Gasteiger charge is 2.28. The zero-order valence-electron chi connectivity index (χ0n) is 11.6. The fraction of sp³-hybridized carbons (Fsp3) is 0.500. The van der Waals surface area contributed by atoms with Crippen LogP contribution in [0.4, 0.5) is 0 Å². The summed E-state index contributed by atoms with van der Waals surface area (Å²) in [5, 5.41) is 4.04. The first-order valence-corrected chi connectivity index (χ1v) is 6.69. The van der Waals surface area contributed by atoms with Gasteiger partial charge in [0.05, 0.1) is 7.11 Å². The Bertz CT molecular complexity index is 567. The van der Waals surface area contributed by atoms with Crippen LogP contribution in [0.15, 0.2) is 22.9 Å². The van der Waals surface area contributed by atoms with Crippen LogP contribution in [0.25, 0.3) is 11.4 Å². The van der Waals surface area contributed by atoms with E-state index in [1.807, 2.05) is 6.07 Å². The Kier molecular flexibility index (Phi) is 3.64. The number of methoxy groups -OCH3 is 1. The smallest absolute Gasteiger partial charge is 0.230 e. The van der Waals surface area contributed by atoms with E-state index in [0.717, 1.165) is 25.2 Å². The lowest BCUT2D eigenvalue weighted by Gasteiger charge is -2.25. The van der Waals surface area contributed by atoms with Gasteiger partial charge in [-0.15, -0.1) is 0 Å². The Hall–Kier alpha value is -1.95. The van der Waals surface area contributed by atoms with Crippen LogP contribution in [0.5, 0.6) is 5.88 Å². The van der Waals surface area contributed by atoms with Crippen LogP contribution in [0.3, 0.4) is 0 Å². The number of ether oxygens (including phenoxy) is 2. The largest absolute Gasteiger partial charge is 0.481 e. The molecule has 6 nitrogen and oxygen atoms in total. The minimum atomic E-state index is 0.274. The van der Waals surface area contributed by atoms with E-state index < -0.39 is 0 Å². The van der Waals surface area contributed by atoms with Gasteiger partial charge in [0, 0.05) is 37.0 Å². The van der Waals surface area contributed by atoms with Crippen molar-refractivity contribution >= 4 is 0 Å². The molecule has 0 bridgehead atoms. The van der Waals surface area contributed by atoms with Crippen LogP contribution in [-0.4, -0.2) is 35.4 Å². The van der Waals surface area contributed by atoms with E-state index in [1.54, 1.807) is 19.4 Å². The lowest BCUT2D eigenvalue weighted by Crippen LogP contribution is -2.23. The van der Waals surface area contributed by atoms with Crippen LogP contribution in [-0.2, 0) is 4.74 Å². The summed E-state index contributed by atoms with van der Waals surface area (Å²) < 4.78 is 15.9. The van der Waals surface area contributed by atoms with Gasteiger partial charge in [0.1, 0.15) is 0 Å². The molecule has 6 heteroatoms. The second kappa shape index (κ2) is 5.58. The highest BCUT2D eigenvalue weighted by atomic mass is 16.5. The van der Waals surface area contributed by atoms with Gasteiger partial charge >= 0.3 is 0 Å². The Morgan fingerprint density at radius 3 is 2.95 bits per heavy atom. The van der Waals surface area contributed by atoms with E-state index in [0.29, 0.717) is 23.5 Å². The molecule has 3 heterocycles. The van der Waals surface area contributed by atoms with E-state index in [-0.39, 0.29) is 5.92 Å². The van der Waals surface area contributed by atoms with Crippen molar-refractivity contribution in [2.75, 3.05) is 20.3 Å². The lowest BCUT2D eigenvalue weighted by atomic mass is 9.90. The molecule has 0 saturated carbocycles. The number of hydrogen-bond acceptors (Lipinski definition) is 6. The molecular weight excluding hydrogens is 258 g/mol. The minimum Gasteiger partial charge on any atom is -0.481 e. The molecule has 1 fully saturated rings. The van der Waals surface area contributed by atoms with Crippen molar-refractivity contribution in [2.24, 2.45) is 5.92 Å². The van der Waals surface area contributed by atoms with Crippen LogP contribution < -0.4 is 4.74 Å². The summed E-state index contributed by atoms with van der Waals surface area (Å²) in [7, 11) is 1.58. The van der Waals surface area contributed by atoms with Crippen molar-refractivity contribution < 1.29 is 14.0 Å². The maximum atomic E-state index is 5.44. The van der Waals surface area contributed by atoms with E-state index in [2.05, 4.69) is 22.0 Å². The number of aromatic nitrogens is 3. The van der Waals surface area contributed by atoms with Gasteiger partial charge in [-0.3, -0.25) is 0 Å². The molecule has 0 amide bonds. The van der Waals surface area contributed by atoms with Gasteiger partial charge in [-0.25, -0.2) is 4.98 Å². The second-order valence-corrected chi connectivity index (χ2v) is 4.99. The van der Waals surface area contributed by atoms with E-state index in [4.69, 9.17) is 14.0 Å². The van der Waals surface area contributed by atoms with Gasteiger partial charge in [-0.1, -0.05) is 12.1 Å². The molecular formula is C14H17N3O3. The molecule has 1 aliphatic rings. The number of pyridine rings is 1. The summed E-state index contributed by atoms with van der Waals surface area (Å²) >= 11 is 0. The molecule has 20 heavy (non-hydrogen) atoms. The monoisotopic (exact) mass is 275 g/mol. The zero-order valence-corrected chi connectivity index (χ0v) is 11.6. The Morgan fingerprint density at radius 1 is 1.35 bits per heavy atom. The van der Waals surface area contributed by atoms with Crippen molar-refractivity contribution in [1.29, 1.82) is 0 Å². The van der Waals surface area contributed by atoms with Crippen molar-refractivity contribution in [2.45, 2.75) is 19.3 Å². The maximum absolute atomic E-state index is 5.44. The van der Waals surface area contributed by atoms with Gasteiger partial charge < -0.3 is 14.0 Å². The van der Waals surface area contributed by atoms with E-state index in [9.17, 15) is 0 Å². The summed E-state index contributed by atoms with van der Waals surface area (Å²) in [6.07, 6.45) is 2.60. The predicted octanol–water partition coefficient (Wildman–Crippen LogP) is 2.28. The normalized spacial score (nSPS) is 22.7. The highest BCUT2D eigenvalue weighted by Crippen LogP contribution is 2.31. The standard InChI is InChI=1S/C14H17N3O3/c1-9-8-19-6-5-11(9)14-16-13(17-20-14)10-3-4-12(18-2)15-7-10/h3-4,7,9,11H,5-6,8H2,1-2H3/t9-,11+/m0/s1. The first-order chi connectivity index (χ1) is 9.78. The van der Waals surface area contributed by atoms with Crippen LogP contribution in [0, 0.1) is 5.92 Å². The molecule has 1 saturated heterocycles. The molecule has 0 aromatic carbocycles. The highest BCUT2D eigenvalue weighted by molar-refractivity contribution is 5.53. The fourth-order valence-electron chi connectivity index (χ4n) is 2.38. The van der Waals surface area contributed by atoms with Crippen molar-refractivity contribution in [3.05, 3.63) is 24.2 Å². The van der Waals surface area contributed by atoms with Gasteiger partial charge in [0.25, 0.3) is 0 Å². The minimum absolute atomic E-state index is 0.274. The SMILES string of the molecule is COc1ccc(-c2noc([C@@H]3CCOC[C@@H]3C)n2)cn1. The number of hydrogen-bond donors (Lipinski definition) is 0. The molecule has 2 aromatic rings. The fourth-order valence-corrected chi connectivity index (χ4v) is 2.38. The third-order valence-corrected chi connectivity index (χ3v) is 3.60. The van der Waals surface area contributed by atoms with Crippen molar-refractivity contribution in [1.82, 2.24) is 15.1 Å². The maximum Gasteiger partial charge on any atom is 0.230 e. The summed E-state index contributed by atoms with van der Waals surface area (Å²) in [5.41, 5.74) is 0.820. The molecule has 3 rings (SSSR count). The lowest BCUT2D eigenvalue weighted by molar-refractivity contribution is 0.0392. The molecule has 0 N–H and O–H groups in total. The molecule has 0 radical (unpaired) electrons. The second-order valence-electron chi connectivity index (χ2n) is 4.99. The van der Waals surface area contributed by atoms with Gasteiger partial charge in [0.2, 0.25) is 17.6 Å². The molecule has 106 valence electrons. The van der Waals surface area contributed by atoms with Crippen LogP contribution >= 0.6 is 0 Å². The van der Waals surface area contributed by atoms with E-state index >= 15 is 0 Å². The molecule has 1 aliphatic heterocycles. The third-order valence-electron chi connectivity index (χ3n) is 3.60. The summed E-state index contributed by atoms with van der Waals surface area (Å²) in [6.45, 7) is 3.63. The van der Waals surface area contributed by atoms with Crippen molar-refractivity contribution in [3.63, 3.8) is 0 Å². The number of rotatable bonds is 3. The zero-order chi connectivity index (χ0) is 13.9. The Balaban J connectivity index is 1.81. The van der Waals surface area contributed by atoms with Crippen LogP contribution in [0.2, 0.25) is 0 Å². The molecule has 2 atom stereocenters. The Morgan fingerprint density at radius 2 is 2.25 bits per heavy atom. The van der Waals surface area contributed by atoms with Crippen molar-refractivity contribution in [3.8, 4) is 17.3 Å². The van der Waals surface area contributed by atoms with Gasteiger partial charge in [-0.05, 0) is 18.4 Å². The number of nitrogens with zero attached hydrogens (tertiary/aromatic N) is 3. The molecule has 0 unspecified atom stereocenters. The third kappa shape index (κ3) is 2.51. The molecule has 0 aliphatic carbocycles. The summed E-state index contributed by atoms with van der Waals surface area (Å²) in [4.78, 5) is 8.64. The first-order valence-electron chi connectivity index (χ1n) is 6.69. The van der Waals surface area contributed by atoms with E-state index in [1.165, 1.54) is 0 Å². The van der Waals surface area contributed by atoms with Gasteiger partial charge in [-0.2, -0.15) is 4.98 Å². The predicted molar refractivity (Wildman–Crippen MR) is 71.4 cm³/mol. The quantitative estimate of drug-likeness (QED) is 0.855. The average Bonchev–Trinajstić information content (AvgIpc) is 2.97. The molecule has 0 spiro atoms. The summed E-state index contributed by atoms with van der Waals surface area (Å²) in [5.74, 6) is 2.48. The van der Waals surface area contributed by atoms with Gasteiger partial charge in [0.15, 0.2) is 0 Å². The molecule has 2 aromatic heterocycles. The first kappa shape index (κ1) is 13.1. The van der Waals surface area contributed by atoms with Crippen LogP contribution in [0.1, 0.15) is 25.2 Å².